The van der Waals surface area contributed by atoms with Gasteiger partial charge in [0.1, 0.15) is 16.9 Å². The molecule has 0 radical (unpaired) electrons. The fraction of sp³-hybridized carbons (Fsp3) is 0.500. The lowest BCUT2D eigenvalue weighted by Crippen LogP contribution is -2.42. The summed E-state index contributed by atoms with van der Waals surface area (Å²) in [5.74, 6) is 2.24. The van der Waals surface area contributed by atoms with Gasteiger partial charge in [0.15, 0.2) is 0 Å². The van der Waals surface area contributed by atoms with Gasteiger partial charge in [-0.2, -0.15) is 0 Å². The van der Waals surface area contributed by atoms with Crippen LogP contribution in [-0.2, 0) is 0 Å². The molecule has 0 unspecified atom stereocenters. The van der Waals surface area contributed by atoms with Crippen molar-refractivity contribution in [1.29, 1.82) is 0 Å². The Morgan fingerprint density at radius 2 is 2.12 bits per heavy atom. The van der Waals surface area contributed by atoms with Gasteiger partial charge in [0.25, 0.3) is 0 Å². The molecule has 0 bridgehead atoms. The summed E-state index contributed by atoms with van der Waals surface area (Å²) in [6.45, 7) is 3.04. The third-order valence-electron chi connectivity index (χ3n) is 6.73. The molecule has 0 saturated carbocycles. The van der Waals surface area contributed by atoms with Crippen molar-refractivity contribution < 1.29 is 14.2 Å². The van der Waals surface area contributed by atoms with E-state index in [1.807, 2.05) is 18.2 Å². The van der Waals surface area contributed by atoms with Crippen molar-refractivity contribution in [2.75, 3.05) is 39.1 Å². The van der Waals surface area contributed by atoms with Crippen molar-refractivity contribution in [2.45, 2.75) is 36.9 Å². The number of aliphatic hydroxyl groups excluding tert-OH is 1. The Balaban J connectivity index is 1.26. The zero-order chi connectivity index (χ0) is 23.8. The number of fused-ring (bicyclic) bond motifs is 1. The zero-order valence-electron chi connectivity index (χ0n) is 19.6. The van der Waals surface area contributed by atoms with Gasteiger partial charge in [-0.1, -0.05) is 0 Å². The number of pyridine rings is 1. The Labute approximate surface area is 205 Å². The smallest absolute Gasteiger partial charge is 0.126 e. The monoisotopic (exact) mass is 484 g/mol. The third kappa shape index (κ3) is 6.43. The molecular weight excluding hydrogens is 451 g/mol. The molecule has 0 amide bonds. The van der Waals surface area contributed by atoms with E-state index in [9.17, 15) is 5.11 Å². The maximum Gasteiger partial charge on any atom is 0.126 e. The van der Waals surface area contributed by atoms with Crippen molar-refractivity contribution in [3.05, 3.63) is 54.6 Å². The second-order valence-electron chi connectivity index (χ2n) is 8.87. The van der Waals surface area contributed by atoms with Gasteiger partial charge in [-0.25, -0.2) is 9.37 Å². The SMILES string of the molecule is COc1ccc2nccc([C@@H](F)CC[C@@H]3CCN(CCCSc4cnccn4)C[C@@H]3CO)c2c1. The Bertz CT molecular complexity index is 1040. The predicted octanol–water partition coefficient (Wildman–Crippen LogP) is 4.94. The highest BCUT2D eigenvalue weighted by molar-refractivity contribution is 7.99. The number of hydrogen-bond donors (Lipinski definition) is 1. The van der Waals surface area contributed by atoms with E-state index >= 15 is 4.39 Å². The molecule has 1 aromatic carbocycles. The van der Waals surface area contributed by atoms with Crippen molar-refractivity contribution in [1.82, 2.24) is 19.9 Å². The highest BCUT2D eigenvalue weighted by Gasteiger charge is 2.29. The Kier molecular flexibility index (Phi) is 9.07. The molecular formula is C26H33FN4O2S. The van der Waals surface area contributed by atoms with Crippen molar-refractivity contribution in [2.24, 2.45) is 11.8 Å². The van der Waals surface area contributed by atoms with E-state index in [1.165, 1.54) is 0 Å². The number of thioether (sulfide) groups is 1. The van der Waals surface area contributed by atoms with Crippen LogP contribution in [0.4, 0.5) is 4.39 Å². The molecule has 1 saturated heterocycles. The molecule has 182 valence electrons. The van der Waals surface area contributed by atoms with Crippen LogP contribution in [0.25, 0.3) is 10.9 Å². The van der Waals surface area contributed by atoms with Crippen molar-refractivity contribution in [3.8, 4) is 5.75 Å². The van der Waals surface area contributed by atoms with Crippen molar-refractivity contribution in [3.63, 3.8) is 0 Å². The van der Waals surface area contributed by atoms with E-state index in [0.717, 1.165) is 60.6 Å². The fourth-order valence-corrected chi connectivity index (χ4v) is 5.59. The van der Waals surface area contributed by atoms with Crippen LogP contribution >= 0.6 is 11.8 Å². The highest BCUT2D eigenvalue weighted by atomic mass is 32.2. The van der Waals surface area contributed by atoms with E-state index in [-0.39, 0.29) is 12.5 Å². The summed E-state index contributed by atoms with van der Waals surface area (Å²) >= 11 is 1.72. The van der Waals surface area contributed by atoms with E-state index < -0.39 is 6.17 Å². The predicted molar refractivity (Wildman–Crippen MR) is 134 cm³/mol. The Hall–Kier alpha value is -2.29. The van der Waals surface area contributed by atoms with Crippen LogP contribution < -0.4 is 4.74 Å². The van der Waals surface area contributed by atoms with E-state index in [0.29, 0.717) is 23.7 Å². The Morgan fingerprint density at radius 1 is 1.21 bits per heavy atom. The molecule has 1 aliphatic heterocycles. The molecule has 4 rings (SSSR count). The third-order valence-corrected chi connectivity index (χ3v) is 7.73. The molecule has 3 atom stereocenters. The minimum Gasteiger partial charge on any atom is -0.497 e. The van der Waals surface area contributed by atoms with Gasteiger partial charge < -0.3 is 14.7 Å². The standard InChI is InChI=1S/C26H33FN4O2S/c1-33-21-4-6-25-23(15-21)22(7-9-29-25)24(27)5-3-19-8-13-31(17-20(19)18-32)12-2-14-34-26-16-28-10-11-30-26/h4,6-7,9-11,15-16,19-20,24,32H,2-3,5,8,12-14,17-18H2,1H3/t19-,20-,24+/m1/s1. The lowest BCUT2D eigenvalue weighted by atomic mass is 9.81. The summed E-state index contributed by atoms with van der Waals surface area (Å²) in [7, 11) is 1.61. The normalized spacial score (nSPS) is 19.9. The van der Waals surface area contributed by atoms with E-state index in [2.05, 4.69) is 19.9 Å². The van der Waals surface area contributed by atoms with Gasteiger partial charge in [0.2, 0.25) is 0 Å². The molecule has 8 heteroatoms. The summed E-state index contributed by atoms with van der Waals surface area (Å²) in [6.07, 6.45) is 9.10. The highest BCUT2D eigenvalue weighted by Crippen LogP contribution is 2.35. The van der Waals surface area contributed by atoms with Crippen LogP contribution in [-0.4, -0.2) is 64.1 Å². The van der Waals surface area contributed by atoms with Crippen LogP contribution in [0.2, 0.25) is 0 Å². The first kappa shape index (κ1) is 24.8. The topological polar surface area (TPSA) is 71.4 Å². The van der Waals surface area contributed by atoms with Crippen LogP contribution in [0.1, 0.15) is 37.4 Å². The van der Waals surface area contributed by atoms with Gasteiger partial charge in [0.05, 0.1) is 18.8 Å². The summed E-state index contributed by atoms with van der Waals surface area (Å²) in [5.41, 5.74) is 1.45. The number of hydrogen-bond acceptors (Lipinski definition) is 7. The summed E-state index contributed by atoms with van der Waals surface area (Å²) in [5, 5.41) is 11.8. The first-order valence-corrected chi connectivity index (χ1v) is 12.9. The molecule has 1 N–H and O–H groups in total. The summed E-state index contributed by atoms with van der Waals surface area (Å²) < 4.78 is 20.7. The second kappa shape index (κ2) is 12.4. The lowest BCUT2D eigenvalue weighted by Gasteiger charge is -2.38. The van der Waals surface area contributed by atoms with Crippen LogP contribution in [0, 0.1) is 11.8 Å². The second-order valence-corrected chi connectivity index (χ2v) is 9.98. The number of piperidine rings is 1. The maximum absolute atomic E-state index is 15.4. The largest absolute Gasteiger partial charge is 0.497 e. The number of rotatable bonds is 11. The summed E-state index contributed by atoms with van der Waals surface area (Å²) in [6, 6.07) is 7.35. The van der Waals surface area contributed by atoms with Gasteiger partial charge in [-0.15, -0.1) is 11.8 Å². The number of nitrogens with zero attached hydrogens (tertiary/aromatic N) is 4. The van der Waals surface area contributed by atoms with Gasteiger partial charge in [-0.3, -0.25) is 9.97 Å². The number of benzene rings is 1. The van der Waals surface area contributed by atoms with Crippen LogP contribution in [0.3, 0.4) is 0 Å². The van der Waals surface area contributed by atoms with Gasteiger partial charge in [0, 0.05) is 42.9 Å². The average molecular weight is 485 g/mol. The van der Waals surface area contributed by atoms with Gasteiger partial charge in [-0.05, 0) is 80.4 Å². The number of likely N-dealkylation sites (tertiary alicyclic amines) is 1. The average Bonchev–Trinajstić information content (AvgIpc) is 2.89. The zero-order valence-corrected chi connectivity index (χ0v) is 20.5. The number of alkyl halides is 1. The lowest BCUT2D eigenvalue weighted by molar-refractivity contribution is 0.0640. The number of halogens is 1. The number of aliphatic hydroxyl groups is 1. The number of methoxy groups -OCH3 is 1. The molecule has 0 spiro atoms. The quantitative estimate of drug-likeness (QED) is 0.305. The maximum atomic E-state index is 15.4. The molecule has 0 aliphatic carbocycles. The Morgan fingerprint density at radius 3 is 2.91 bits per heavy atom. The minimum atomic E-state index is -1.06. The minimum absolute atomic E-state index is 0.155. The van der Waals surface area contributed by atoms with Crippen molar-refractivity contribution >= 4 is 22.7 Å². The van der Waals surface area contributed by atoms with E-state index in [1.54, 1.807) is 49.7 Å². The molecule has 1 fully saturated rings. The molecule has 34 heavy (non-hydrogen) atoms. The van der Waals surface area contributed by atoms with Crippen LogP contribution in [0.15, 0.2) is 54.1 Å². The fourth-order valence-electron chi connectivity index (χ4n) is 4.83. The van der Waals surface area contributed by atoms with E-state index in [4.69, 9.17) is 4.74 Å². The number of aromatic nitrogens is 3. The van der Waals surface area contributed by atoms with Crippen LogP contribution in [0.5, 0.6) is 5.75 Å². The van der Waals surface area contributed by atoms with Gasteiger partial charge >= 0.3 is 0 Å². The molecule has 3 heterocycles. The molecule has 2 aromatic heterocycles. The number of ether oxygens (including phenoxy) is 1. The first-order chi connectivity index (χ1) is 16.7. The summed E-state index contributed by atoms with van der Waals surface area (Å²) in [4.78, 5) is 15.2. The molecule has 1 aliphatic rings. The first-order valence-electron chi connectivity index (χ1n) is 12.0. The molecule has 6 nitrogen and oxygen atoms in total. The molecule has 3 aromatic rings.